The third-order valence-corrected chi connectivity index (χ3v) is 12.6. The first-order valence-electron chi connectivity index (χ1n) is 20.5. The zero-order chi connectivity index (χ0) is 45.5. The van der Waals surface area contributed by atoms with Gasteiger partial charge < -0.3 is 30.5 Å². The Kier molecular flexibility index (Phi) is 16.5. The van der Waals surface area contributed by atoms with E-state index in [-0.39, 0.29) is 25.4 Å². The summed E-state index contributed by atoms with van der Waals surface area (Å²) in [5.41, 5.74) is 9.98. The number of ether oxygens (including phenoxy) is 1. The maximum absolute atomic E-state index is 12.6. The van der Waals surface area contributed by atoms with Gasteiger partial charge in [0.2, 0.25) is 12.0 Å². The molecule has 3 amide bonds. The number of likely N-dealkylation sites (N-methyl/N-ethyl adjacent to an activating group) is 1. The average Bonchev–Trinajstić information content (AvgIpc) is 3.95. The van der Waals surface area contributed by atoms with Crippen LogP contribution in [-0.4, -0.2) is 143 Å². The number of hydrogen-bond acceptors (Lipinski definition) is 13. The van der Waals surface area contributed by atoms with Crippen molar-refractivity contribution in [2.45, 2.75) is 71.2 Å². The van der Waals surface area contributed by atoms with Crippen molar-refractivity contribution in [1.82, 2.24) is 38.0 Å². The molecule has 3 aliphatic rings. The molecule has 64 heavy (non-hydrogen) atoms. The fourth-order valence-corrected chi connectivity index (χ4v) is 8.44. The van der Waals surface area contributed by atoms with Crippen LogP contribution >= 0.6 is 23.9 Å². The van der Waals surface area contributed by atoms with Gasteiger partial charge in [-0.2, -0.15) is 10.2 Å². The number of aliphatic hydroxyl groups is 2. The molecule has 0 bridgehead atoms. The number of rotatable bonds is 11. The first kappa shape index (κ1) is 49.4. The van der Waals surface area contributed by atoms with Crippen LogP contribution in [0, 0.1) is 23.7 Å². The molecule has 4 N–H and O–H groups in total. The summed E-state index contributed by atoms with van der Waals surface area (Å²) in [6.45, 7) is 7.54. The quantitative estimate of drug-likeness (QED) is 0.0859. The summed E-state index contributed by atoms with van der Waals surface area (Å²) in [6, 6.07) is 14.9. The maximum atomic E-state index is 12.6. The molecule has 2 atom stereocenters. The van der Waals surface area contributed by atoms with Gasteiger partial charge >= 0.3 is 5.97 Å². The van der Waals surface area contributed by atoms with Crippen molar-refractivity contribution < 1.29 is 34.1 Å². The number of nitrogens with two attached hydrogens (primary N) is 1. The van der Waals surface area contributed by atoms with E-state index in [2.05, 4.69) is 42.5 Å². The fourth-order valence-electron chi connectivity index (χ4n) is 7.38. The number of primary amides is 1. The monoisotopic (exact) mass is 911 g/mol. The smallest absolute Gasteiger partial charge is 0.359 e. The van der Waals surface area contributed by atoms with E-state index in [0.29, 0.717) is 50.5 Å². The highest BCUT2D eigenvalue weighted by Crippen LogP contribution is 2.30. The zero-order valence-electron chi connectivity index (χ0n) is 36.4. The standard InChI is InChI=1S/C24H30N4O4S.C21H23N5O3S.CH4/c1-5-32-23(30)22-20-16-27(33-4)13-10-21(20)28(25-22)19-8-6-7-18(15-19)9-11-24(2,31)12-14-26(3)17-29;1-24-11-9-21(29,20(24)28)8-6-14-4-3-5-15(12-14)26-17-7-10-25(30-2)13-16(17)18(23-26)19(22)27;/h6-8,15,17,31H,5,10,12-14,16H2,1-4H3;3-5,12,29H,7,9-11,13H2,1-2H3,(H2,22,27);1H4. The number of carbonyl (C=O) groups excluding carboxylic acids is 4. The van der Waals surface area contributed by atoms with E-state index in [0.717, 1.165) is 71.8 Å². The van der Waals surface area contributed by atoms with Gasteiger partial charge in [-0.1, -0.05) is 67.1 Å². The normalized spacial score (nSPS) is 17.8. The lowest BCUT2D eigenvalue weighted by atomic mass is 10.0. The van der Waals surface area contributed by atoms with Gasteiger partial charge in [-0.25, -0.2) is 22.8 Å². The highest BCUT2D eigenvalue weighted by molar-refractivity contribution is 7.96. The molecule has 3 aliphatic heterocycles. The Balaban J connectivity index is 0.000000238. The van der Waals surface area contributed by atoms with E-state index in [1.807, 2.05) is 65.7 Å². The first-order chi connectivity index (χ1) is 30.1. The van der Waals surface area contributed by atoms with Crippen LogP contribution in [0.3, 0.4) is 0 Å². The number of amides is 3. The van der Waals surface area contributed by atoms with E-state index >= 15 is 0 Å². The van der Waals surface area contributed by atoms with Crippen molar-refractivity contribution in [1.29, 1.82) is 0 Å². The highest BCUT2D eigenvalue weighted by Gasteiger charge is 2.42. The van der Waals surface area contributed by atoms with E-state index < -0.39 is 23.1 Å². The Morgan fingerprint density at radius 2 is 1.50 bits per heavy atom. The molecule has 0 spiro atoms. The molecule has 16 nitrogen and oxygen atoms in total. The van der Waals surface area contributed by atoms with Crippen molar-refractivity contribution in [2.24, 2.45) is 5.73 Å². The van der Waals surface area contributed by atoms with Crippen LogP contribution in [0.1, 0.15) is 88.7 Å². The van der Waals surface area contributed by atoms with E-state index in [1.165, 1.54) is 9.80 Å². The number of carbonyl (C=O) groups is 4. The van der Waals surface area contributed by atoms with Gasteiger partial charge in [-0.15, -0.1) is 0 Å². The molecular formula is C46H57N9O7S2. The second-order valence-corrected chi connectivity index (χ2v) is 17.4. The zero-order valence-corrected chi connectivity index (χ0v) is 38.0. The van der Waals surface area contributed by atoms with Gasteiger partial charge in [0.15, 0.2) is 11.4 Å². The lowest BCUT2D eigenvalue weighted by Crippen LogP contribution is -2.37. The Morgan fingerprint density at radius 3 is 2.00 bits per heavy atom. The summed E-state index contributed by atoms with van der Waals surface area (Å²) in [6.07, 6.45) is 6.88. The van der Waals surface area contributed by atoms with Crippen LogP contribution < -0.4 is 5.73 Å². The van der Waals surface area contributed by atoms with Crippen molar-refractivity contribution in [3.8, 4) is 35.1 Å². The molecule has 2 unspecified atom stereocenters. The van der Waals surface area contributed by atoms with Gasteiger partial charge in [0, 0.05) is 101 Å². The Bertz CT molecular complexity index is 2500. The number of benzene rings is 2. The molecule has 0 aliphatic carbocycles. The van der Waals surface area contributed by atoms with Gasteiger partial charge in [-0.05, 0) is 62.8 Å². The molecule has 1 saturated heterocycles. The average molecular weight is 912 g/mol. The minimum atomic E-state index is -1.64. The van der Waals surface area contributed by atoms with Gasteiger partial charge in [0.1, 0.15) is 5.60 Å². The summed E-state index contributed by atoms with van der Waals surface area (Å²) in [5, 5.41) is 30.2. The minimum Gasteiger partial charge on any atom is -0.461 e. The van der Waals surface area contributed by atoms with E-state index in [4.69, 9.17) is 10.5 Å². The van der Waals surface area contributed by atoms with Crippen molar-refractivity contribution in [3.05, 3.63) is 93.6 Å². The second kappa shape index (κ2) is 21.4. The van der Waals surface area contributed by atoms with Crippen LogP contribution in [-0.2, 0) is 40.3 Å². The fraction of sp³-hybridized carbons (Fsp3) is 0.435. The minimum absolute atomic E-state index is 0. The summed E-state index contributed by atoms with van der Waals surface area (Å²) in [4.78, 5) is 50.4. The van der Waals surface area contributed by atoms with Gasteiger partial charge in [0.25, 0.3) is 11.8 Å². The molecule has 4 aromatic rings. The van der Waals surface area contributed by atoms with Crippen molar-refractivity contribution >= 4 is 48.1 Å². The lowest BCUT2D eigenvalue weighted by molar-refractivity contribution is -0.137. The highest BCUT2D eigenvalue weighted by atomic mass is 32.2. The number of fused-ring (bicyclic) bond motifs is 2. The molecule has 5 heterocycles. The Hall–Kier alpha value is -5.60. The van der Waals surface area contributed by atoms with Crippen LogP contribution in [0.2, 0.25) is 0 Å². The van der Waals surface area contributed by atoms with E-state index in [1.54, 1.807) is 56.5 Å². The topological polar surface area (TPSA) is 193 Å². The van der Waals surface area contributed by atoms with Crippen LogP contribution in [0.4, 0.5) is 0 Å². The predicted octanol–water partition coefficient (Wildman–Crippen LogP) is 3.45. The summed E-state index contributed by atoms with van der Waals surface area (Å²) in [7, 11) is 3.31. The van der Waals surface area contributed by atoms with Crippen molar-refractivity contribution in [3.63, 3.8) is 0 Å². The second-order valence-electron chi connectivity index (χ2n) is 15.6. The molecule has 0 saturated carbocycles. The van der Waals surface area contributed by atoms with Gasteiger partial charge in [-0.3, -0.25) is 14.4 Å². The molecule has 2 aromatic carbocycles. The molecule has 2 aromatic heterocycles. The van der Waals surface area contributed by atoms with E-state index in [9.17, 15) is 29.4 Å². The predicted molar refractivity (Wildman–Crippen MR) is 248 cm³/mol. The number of hydrogen-bond donors (Lipinski definition) is 3. The third kappa shape index (κ3) is 11.4. The number of aromatic nitrogens is 4. The van der Waals surface area contributed by atoms with Crippen LogP contribution in [0.25, 0.3) is 11.4 Å². The molecule has 18 heteroatoms. The number of likely N-dealkylation sites (tertiary alicyclic amines) is 1. The first-order valence-corrected chi connectivity index (χ1v) is 22.9. The summed E-state index contributed by atoms with van der Waals surface area (Å²) in [5.74, 6) is 10.2. The van der Waals surface area contributed by atoms with Crippen LogP contribution in [0.5, 0.6) is 0 Å². The largest absolute Gasteiger partial charge is 0.461 e. The Labute approximate surface area is 383 Å². The molecule has 1 fully saturated rings. The lowest BCUT2D eigenvalue weighted by Gasteiger charge is -2.25. The number of esters is 1. The summed E-state index contributed by atoms with van der Waals surface area (Å²) < 4.78 is 13.2. The summed E-state index contributed by atoms with van der Waals surface area (Å²) >= 11 is 3.27. The number of nitrogens with zero attached hydrogens (tertiary/aromatic N) is 8. The Morgan fingerprint density at radius 1 is 0.953 bits per heavy atom. The third-order valence-electron chi connectivity index (χ3n) is 11.0. The van der Waals surface area contributed by atoms with Gasteiger partial charge in [0.05, 0.1) is 29.4 Å². The molecule has 0 radical (unpaired) electrons. The van der Waals surface area contributed by atoms with Crippen LogP contribution in [0.15, 0.2) is 48.5 Å². The molecular weight excluding hydrogens is 855 g/mol. The van der Waals surface area contributed by atoms with Crippen molar-refractivity contribution in [2.75, 3.05) is 59.4 Å². The molecule has 340 valence electrons. The maximum Gasteiger partial charge on any atom is 0.359 e. The SMILES string of the molecule is C.CCOC(=O)c1nn(-c2cccc(C#CC(C)(O)CCN(C)C=O)c2)c2c1CN(SC)CC2.CSN1CCc2c(c(C(N)=O)nn2-c2cccc(C#CC3(O)CCN(C)C3=O)c2)C1. The molecule has 7 rings (SSSR count).